The molecule has 4 amide bonds. The molecule has 3 aliphatic rings. The average Bonchev–Trinajstić information content (AvgIpc) is 3.37. The number of anilines is 1. The van der Waals surface area contributed by atoms with E-state index < -0.39 is 35.3 Å². The zero-order chi connectivity index (χ0) is 27.2. The topological polar surface area (TPSA) is 143 Å². The van der Waals surface area contributed by atoms with Crippen LogP contribution in [0.4, 0.5) is 5.69 Å². The third kappa shape index (κ3) is 5.03. The van der Waals surface area contributed by atoms with Gasteiger partial charge >= 0.3 is 5.97 Å². The Balaban J connectivity index is 1.19. The number of amides is 4. The molecule has 38 heavy (non-hydrogen) atoms. The van der Waals surface area contributed by atoms with Crippen LogP contribution in [0.25, 0.3) is 0 Å². The van der Waals surface area contributed by atoms with Crippen molar-refractivity contribution in [2.24, 2.45) is 0 Å². The summed E-state index contributed by atoms with van der Waals surface area (Å²) < 4.78 is 7.23. The predicted molar refractivity (Wildman–Crippen MR) is 134 cm³/mol. The summed E-state index contributed by atoms with van der Waals surface area (Å²) in [6.07, 6.45) is 3.82. The van der Waals surface area contributed by atoms with E-state index in [1.54, 1.807) is 24.4 Å². The molecule has 1 unspecified atom stereocenters. The van der Waals surface area contributed by atoms with Gasteiger partial charge in [-0.15, -0.1) is 0 Å². The zero-order valence-electron chi connectivity index (χ0n) is 21.5. The Morgan fingerprint density at radius 2 is 1.92 bits per heavy atom. The van der Waals surface area contributed by atoms with Crippen LogP contribution in [0, 0.1) is 0 Å². The Kier molecular flexibility index (Phi) is 6.51. The summed E-state index contributed by atoms with van der Waals surface area (Å²) in [7, 11) is 0. The van der Waals surface area contributed by atoms with E-state index in [0.717, 1.165) is 10.5 Å². The smallest absolute Gasteiger partial charge is 0.320 e. The predicted octanol–water partition coefficient (Wildman–Crippen LogP) is 1.09. The maximum Gasteiger partial charge on any atom is 0.320 e. The van der Waals surface area contributed by atoms with Crippen molar-refractivity contribution in [3.8, 4) is 0 Å². The van der Waals surface area contributed by atoms with Gasteiger partial charge in [0.1, 0.15) is 11.6 Å². The van der Waals surface area contributed by atoms with E-state index >= 15 is 0 Å². The van der Waals surface area contributed by atoms with Crippen LogP contribution in [0.2, 0.25) is 0 Å². The number of carbonyl (C=O) groups excluding carboxylic acids is 5. The molecule has 0 aliphatic carbocycles. The highest BCUT2D eigenvalue weighted by Gasteiger charge is 2.45. The molecule has 2 saturated heterocycles. The molecule has 2 N–H and O–H groups in total. The Morgan fingerprint density at radius 3 is 2.63 bits per heavy atom. The molecule has 1 aromatic carbocycles. The van der Waals surface area contributed by atoms with Crippen LogP contribution in [0.5, 0.6) is 0 Å². The minimum absolute atomic E-state index is 0.0681. The number of imide groups is 2. The van der Waals surface area contributed by atoms with Gasteiger partial charge in [0.15, 0.2) is 0 Å². The quantitative estimate of drug-likeness (QED) is 0.404. The van der Waals surface area contributed by atoms with Gasteiger partial charge in [0.05, 0.1) is 29.9 Å². The van der Waals surface area contributed by atoms with Crippen molar-refractivity contribution in [3.63, 3.8) is 0 Å². The van der Waals surface area contributed by atoms with Gasteiger partial charge in [-0.1, -0.05) is 6.07 Å². The number of aromatic nitrogens is 2. The fourth-order valence-electron chi connectivity index (χ4n) is 4.92. The van der Waals surface area contributed by atoms with Crippen LogP contribution in [0.15, 0.2) is 30.6 Å². The number of piperidine rings is 1. The van der Waals surface area contributed by atoms with Crippen molar-refractivity contribution < 1.29 is 28.7 Å². The summed E-state index contributed by atoms with van der Waals surface area (Å²) in [5.41, 5.74) is 1.29. The molecule has 12 heteroatoms. The van der Waals surface area contributed by atoms with Crippen molar-refractivity contribution in [2.75, 3.05) is 25.0 Å². The van der Waals surface area contributed by atoms with Crippen molar-refractivity contribution in [1.82, 2.24) is 24.9 Å². The molecule has 0 radical (unpaired) electrons. The first kappa shape index (κ1) is 25.6. The fraction of sp³-hybridized carbons (Fsp3) is 0.462. The second-order valence-electron chi connectivity index (χ2n) is 10.8. The molecule has 2 aromatic rings. The first-order chi connectivity index (χ1) is 18.0. The molecule has 4 heterocycles. The maximum absolute atomic E-state index is 13.2. The standard InChI is InChI=1S/C26H30N6O6/c1-26(2,3)38-21(34)14-30-12-16(13-30)31-11-15(10-28-31)9-27-18-6-4-5-17-22(18)25(37)32(24(17)36)19-7-8-20(33)29-23(19)35/h4-6,10-11,16,19,27H,7-9,12-14H2,1-3H3,(H,29,33,35). The van der Waals surface area contributed by atoms with Gasteiger partial charge in [-0.25, -0.2) is 0 Å². The average molecular weight is 523 g/mol. The van der Waals surface area contributed by atoms with Crippen LogP contribution in [0.3, 0.4) is 0 Å². The Bertz CT molecular complexity index is 1320. The molecule has 0 saturated carbocycles. The van der Waals surface area contributed by atoms with Gasteiger partial charge in [0, 0.05) is 43.5 Å². The molecule has 12 nitrogen and oxygen atoms in total. The number of hydrogen-bond donors (Lipinski definition) is 2. The summed E-state index contributed by atoms with van der Waals surface area (Å²) in [6.45, 7) is 7.51. The minimum atomic E-state index is -1.01. The molecule has 3 aliphatic heterocycles. The molecular formula is C26H30N6O6. The third-order valence-corrected chi connectivity index (χ3v) is 6.69. The number of benzene rings is 1. The van der Waals surface area contributed by atoms with E-state index in [1.807, 2.05) is 36.5 Å². The minimum Gasteiger partial charge on any atom is -0.459 e. The number of rotatable bonds is 7. The summed E-state index contributed by atoms with van der Waals surface area (Å²) in [5, 5.41) is 9.87. The lowest BCUT2D eigenvalue weighted by Crippen LogP contribution is -2.54. The SMILES string of the molecule is CC(C)(C)OC(=O)CN1CC(n2cc(CNc3cccc4c3C(=O)N(C3CCC(=O)NC3=O)C4=O)cn2)C1. The number of likely N-dealkylation sites (tertiary alicyclic amines) is 1. The molecule has 1 atom stereocenters. The number of esters is 1. The number of nitrogens with one attached hydrogen (secondary N) is 2. The number of ether oxygens (including phenoxy) is 1. The van der Waals surface area contributed by atoms with Gasteiger partial charge < -0.3 is 10.1 Å². The van der Waals surface area contributed by atoms with Crippen LogP contribution in [0.1, 0.15) is 65.9 Å². The second kappa shape index (κ2) is 9.67. The fourth-order valence-corrected chi connectivity index (χ4v) is 4.92. The summed E-state index contributed by atoms with van der Waals surface area (Å²) in [6, 6.07) is 4.09. The van der Waals surface area contributed by atoms with Gasteiger partial charge in [-0.2, -0.15) is 5.10 Å². The molecule has 1 aromatic heterocycles. The van der Waals surface area contributed by atoms with Gasteiger partial charge in [-0.05, 0) is 39.3 Å². The van der Waals surface area contributed by atoms with E-state index in [1.165, 1.54) is 0 Å². The third-order valence-electron chi connectivity index (χ3n) is 6.69. The van der Waals surface area contributed by atoms with E-state index in [2.05, 4.69) is 15.7 Å². The highest BCUT2D eigenvalue weighted by atomic mass is 16.6. The first-order valence-corrected chi connectivity index (χ1v) is 12.6. The van der Waals surface area contributed by atoms with Crippen molar-refractivity contribution in [2.45, 2.75) is 57.8 Å². The molecule has 5 rings (SSSR count). The molecule has 0 spiro atoms. The monoisotopic (exact) mass is 522 g/mol. The Labute approximate surface area is 219 Å². The second-order valence-corrected chi connectivity index (χ2v) is 10.8. The number of nitrogens with zero attached hydrogens (tertiary/aromatic N) is 4. The highest BCUT2D eigenvalue weighted by Crippen LogP contribution is 2.32. The van der Waals surface area contributed by atoms with Crippen molar-refractivity contribution in [1.29, 1.82) is 0 Å². The normalized spacial score (nSPS) is 20.3. The number of carbonyl (C=O) groups is 5. The first-order valence-electron chi connectivity index (χ1n) is 12.6. The number of fused-ring (bicyclic) bond motifs is 1. The van der Waals surface area contributed by atoms with Gasteiger partial charge in [0.25, 0.3) is 11.8 Å². The van der Waals surface area contributed by atoms with Crippen molar-refractivity contribution >= 4 is 35.3 Å². The van der Waals surface area contributed by atoms with Gasteiger partial charge in [0.2, 0.25) is 11.8 Å². The summed E-state index contributed by atoms with van der Waals surface area (Å²) in [5.74, 6) is -2.41. The van der Waals surface area contributed by atoms with E-state index in [-0.39, 0.29) is 42.5 Å². The molecule has 2 fully saturated rings. The summed E-state index contributed by atoms with van der Waals surface area (Å²) >= 11 is 0. The van der Waals surface area contributed by atoms with E-state index in [4.69, 9.17) is 4.74 Å². The lowest BCUT2D eigenvalue weighted by molar-refractivity contribution is -0.157. The van der Waals surface area contributed by atoms with Crippen LogP contribution in [-0.4, -0.2) is 80.5 Å². The molecular weight excluding hydrogens is 492 g/mol. The summed E-state index contributed by atoms with van der Waals surface area (Å²) in [4.78, 5) is 65.0. The van der Waals surface area contributed by atoms with E-state index in [9.17, 15) is 24.0 Å². The number of hydrogen-bond acceptors (Lipinski definition) is 9. The van der Waals surface area contributed by atoms with E-state index in [0.29, 0.717) is 25.3 Å². The zero-order valence-corrected chi connectivity index (χ0v) is 21.5. The van der Waals surface area contributed by atoms with Crippen LogP contribution >= 0.6 is 0 Å². The Morgan fingerprint density at radius 1 is 1.16 bits per heavy atom. The molecule has 0 bridgehead atoms. The molecule has 200 valence electrons. The van der Waals surface area contributed by atoms with Crippen LogP contribution < -0.4 is 10.6 Å². The lowest BCUT2D eigenvalue weighted by atomic mass is 10.0. The van der Waals surface area contributed by atoms with Crippen molar-refractivity contribution in [3.05, 3.63) is 47.3 Å². The lowest BCUT2D eigenvalue weighted by Gasteiger charge is -2.38. The van der Waals surface area contributed by atoms with Crippen LogP contribution in [-0.2, 0) is 25.7 Å². The van der Waals surface area contributed by atoms with Gasteiger partial charge in [-0.3, -0.25) is 43.8 Å². The maximum atomic E-state index is 13.2. The highest BCUT2D eigenvalue weighted by molar-refractivity contribution is 6.25. The Hall–Kier alpha value is -4.06. The largest absolute Gasteiger partial charge is 0.459 e.